The van der Waals surface area contributed by atoms with Crippen LogP contribution >= 0.6 is 0 Å². The molecule has 3 aromatic carbocycles. The van der Waals surface area contributed by atoms with E-state index >= 15 is 0 Å². The molecule has 0 bridgehead atoms. The smallest absolute Gasteiger partial charge is 0.110 e. The van der Waals surface area contributed by atoms with Crippen molar-refractivity contribution in [3.8, 4) is 0 Å². The minimum Gasteiger partial charge on any atom is -0.381 e. The maximum absolute atomic E-state index is 3.82. The highest BCUT2D eigenvalue weighted by Gasteiger charge is 2.34. The molecular formula is C22H25NSi. The fourth-order valence-corrected chi connectivity index (χ4v) is 6.11. The van der Waals surface area contributed by atoms with E-state index in [0.29, 0.717) is 5.67 Å². The Labute approximate surface area is 146 Å². The van der Waals surface area contributed by atoms with E-state index < -0.39 is 8.07 Å². The zero-order chi connectivity index (χ0) is 17.0. The molecule has 3 aromatic rings. The summed E-state index contributed by atoms with van der Waals surface area (Å²) in [5.41, 5.74) is 4.17. The van der Waals surface area contributed by atoms with Gasteiger partial charge >= 0.3 is 0 Å². The average Bonchev–Trinajstić information content (AvgIpc) is 2.62. The molecule has 122 valence electrons. The largest absolute Gasteiger partial charge is 0.381 e. The summed E-state index contributed by atoms with van der Waals surface area (Å²) in [6.07, 6.45) is 0. The lowest BCUT2D eigenvalue weighted by Gasteiger charge is -2.35. The van der Waals surface area contributed by atoms with E-state index in [4.69, 9.17) is 0 Å². The summed E-state index contributed by atoms with van der Waals surface area (Å²) in [4.78, 5) is 0. The first-order valence-corrected chi connectivity index (χ1v) is 11.6. The van der Waals surface area contributed by atoms with E-state index in [2.05, 4.69) is 110 Å². The number of hydrogen-bond donors (Lipinski definition) is 1. The lowest BCUT2D eigenvalue weighted by Crippen LogP contribution is -2.50. The summed E-state index contributed by atoms with van der Waals surface area (Å²) in [5, 5.41) is 5.29. The van der Waals surface area contributed by atoms with Crippen LogP contribution in [0, 0.1) is 6.92 Å². The predicted molar refractivity (Wildman–Crippen MR) is 108 cm³/mol. The van der Waals surface area contributed by atoms with Gasteiger partial charge < -0.3 is 5.32 Å². The zero-order valence-electron chi connectivity index (χ0n) is 14.7. The van der Waals surface area contributed by atoms with Crippen LogP contribution < -0.4 is 10.5 Å². The van der Waals surface area contributed by atoms with Gasteiger partial charge in [0.2, 0.25) is 0 Å². The Hall–Kier alpha value is -2.32. The van der Waals surface area contributed by atoms with Crippen molar-refractivity contribution >= 4 is 18.9 Å². The maximum Gasteiger partial charge on any atom is 0.110 e. The van der Waals surface area contributed by atoms with Crippen molar-refractivity contribution in [2.75, 3.05) is 5.32 Å². The van der Waals surface area contributed by atoms with Crippen molar-refractivity contribution in [3.05, 3.63) is 96.1 Å². The first-order valence-electron chi connectivity index (χ1n) is 8.51. The molecule has 0 aliphatic heterocycles. The number of benzene rings is 3. The van der Waals surface area contributed by atoms with Crippen LogP contribution in [0.1, 0.15) is 16.8 Å². The summed E-state index contributed by atoms with van der Waals surface area (Å²) in [6.45, 7) is 7.04. The summed E-state index contributed by atoms with van der Waals surface area (Å²) >= 11 is 0. The van der Waals surface area contributed by atoms with Gasteiger partial charge in [0, 0.05) is 11.4 Å². The monoisotopic (exact) mass is 331 g/mol. The van der Waals surface area contributed by atoms with Gasteiger partial charge in [-0.05, 0) is 24.6 Å². The van der Waals surface area contributed by atoms with Crippen LogP contribution in [0.4, 0.5) is 5.69 Å². The maximum atomic E-state index is 3.82. The number of rotatable bonds is 5. The molecule has 0 fully saturated rings. The van der Waals surface area contributed by atoms with Gasteiger partial charge in [-0.15, -0.1) is 0 Å². The second kappa shape index (κ2) is 7.06. The average molecular weight is 332 g/mol. The molecule has 1 atom stereocenters. The molecule has 1 N–H and O–H groups in total. The quantitative estimate of drug-likeness (QED) is 0.625. The fraction of sp³-hybridized carbons (Fsp3) is 0.182. The summed E-state index contributed by atoms with van der Waals surface area (Å²) in [6, 6.07) is 30.5. The summed E-state index contributed by atoms with van der Waals surface area (Å²) in [5.74, 6) is 0. The molecule has 3 rings (SSSR count). The van der Waals surface area contributed by atoms with E-state index in [0.717, 1.165) is 0 Å². The third-order valence-electron chi connectivity index (χ3n) is 4.73. The van der Waals surface area contributed by atoms with E-state index in [9.17, 15) is 0 Å². The van der Waals surface area contributed by atoms with Crippen LogP contribution in [0.25, 0.3) is 0 Å². The Morgan fingerprint density at radius 3 is 1.83 bits per heavy atom. The molecule has 24 heavy (non-hydrogen) atoms. The van der Waals surface area contributed by atoms with Crippen molar-refractivity contribution < 1.29 is 0 Å². The number of aryl methyl sites for hydroxylation is 1. The molecule has 2 heteroatoms. The molecule has 0 aliphatic rings. The number of para-hydroxylation sites is 1. The number of hydrogen-bond acceptors (Lipinski definition) is 1. The molecule has 0 radical (unpaired) electrons. The second-order valence-electron chi connectivity index (χ2n) is 6.94. The minimum absolute atomic E-state index is 0.322. The van der Waals surface area contributed by atoms with Crippen LogP contribution in [0.15, 0.2) is 84.9 Å². The number of nitrogens with one attached hydrogen (secondary N) is 1. The SMILES string of the molecule is Cc1ccc(C(Nc2ccccc2)[Si](C)(C)c2ccccc2)cc1. The Balaban J connectivity index is 2.02. The molecule has 1 nitrogen and oxygen atoms in total. The molecule has 0 aromatic heterocycles. The second-order valence-corrected chi connectivity index (χ2v) is 11.5. The Bertz CT molecular complexity index is 764. The predicted octanol–water partition coefficient (Wildman–Crippen LogP) is 5.30. The van der Waals surface area contributed by atoms with Crippen molar-refractivity contribution in [1.82, 2.24) is 0 Å². The van der Waals surface area contributed by atoms with Gasteiger partial charge in [0.15, 0.2) is 0 Å². The first-order chi connectivity index (χ1) is 11.6. The third-order valence-corrected chi connectivity index (χ3v) is 8.48. The molecule has 0 amide bonds. The summed E-state index contributed by atoms with van der Waals surface area (Å²) < 4.78 is 0. The lowest BCUT2D eigenvalue weighted by molar-refractivity contribution is 1.04. The molecule has 0 spiro atoms. The Morgan fingerprint density at radius 2 is 1.25 bits per heavy atom. The van der Waals surface area contributed by atoms with Gasteiger partial charge in [0.25, 0.3) is 0 Å². The third kappa shape index (κ3) is 3.60. The van der Waals surface area contributed by atoms with E-state index in [1.165, 1.54) is 22.0 Å². The van der Waals surface area contributed by atoms with Gasteiger partial charge in [-0.3, -0.25) is 0 Å². The van der Waals surface area contributed by atoms with Gasteiger partial charge in [-0.2, -0.15) is 0 Å². The molecule has 0 saturated heterocycles. The van der Waals surface area contributed by atoms with E-state index in [1.807, 2.05) is 0 Å². The molecule has 0 aliphatic carbocycles. The van der Waals surface area contributed by atoms with Crippen molar-refractivity contribution in [2.24, 2.45) is 0 Å². The molecule has 0 heterocycles. The highest BCUT2D eigenvalue weighted by molar-refractivity contribution is 6.91. The van der Waals surface area contributed by atoms with E-state index in [-0.39, 0.29) is 0 Å². The van der Waals surface area contributed by atoms with Gasteiger partial charge in [-0.1, -0.05) is 96.6 Å². The van der Waals surface area contributed by atoms with Crippen LogP contribution in [0.3, 0.4) is 0 Å². The van der Waals surface area contributed by atoms with Gasteiger partial charge in [-0.25, -0.2) is 0 Å². The van der Waals surface area contributed by atoms with Crippen molar-refractivity contribution in [3.63, 3.8) is 0 Å². The normalized spacial score (nSPS) is 12.6. The first kappa shape index (κ1) is 16.5. The van der Waals surface area contributed by atoms with Crippen LogP contribution in [-0.4, -0.2) is 8.07 Å². The van der Waals surface area contributed by atoms with Crippen LogP contribution in [-0.2, 0) is 0 Å². The zero-order valence-corrected chi connectivity index (χ0v) is 15.7. The number of anilines is 1. The fourth-order valence-electron chi connectivity index (χ4n) is 3.17. The summed E-state index contributed by atoms with van der Waals surface area (Å²) in [7, 11) is -1.76. The Kier molecular flexibility index (Phi) is 4.86. The van der Waals surface area contributed by atoms with Crippen LogP contribution in [0.2, 0.25) is 13.1 Å². The lowest BCUT2D eigenvalue weighted by atomic mass is 10.1. The van der Waals surface area contributed by atoms with Crippen molar-refractivity contribution in [2.45, 2.75) is 25.7 Å². The molecule has 1 unspecified atom stereocenters. The van der Waals surface area contributed by atoms with Crippen LogP contribution in [0.5, 0.6) is 0 Å². The molecule has 0 saturated carbocycles. The van der Waals surface area contributed by atoms with Crippen molar-refractivity contribution in [1.29, 1.82) is 0 Å². The minimum atomic E-state index is -1.76. The molecular weight excluding hydrogens is 306 g/mol. The highest BCUT2D eigenvalue weighted by atomic mass is 28.3. The standard InChI is InChI=1S/C22H25NSi/c1-18-14-16-19(17-15-18)22(23-20-10-6-4-7-11-20)24(2,3)21-12-8-5-9-13-21/h4-17,22-23H,1-3H3. The van der Waals surface area contributed by atoms with Gasteiger partial charge in [0.1, 0.15) is 8.07 Å². The van der Waals surface area contributed by atoms with E-state index in [1.54, 1.807) is 0 Å². The van der Waals surface area contributed by atoms with Gasteiger partial charge in [0.05, 0.1) is 0 Å². The highest BCUT2D eigenvalue weighted by Crippen LogP contribution is 2.29. The topological polar surface area (TPSA) is 12.0 Å². The Morgan fingerprint density at radius 1 is 0.708 bits per heavy atom.